The zero-order valence-corrected chi connectivity index (χ0v) is 40.7. The Morgan fingerprint density at radius 3 is 1.64 bits per heavy atom. The lowest BCUT2D eigenvalue weighted by Crippen LogP contribution is -2.28. The summed E-state index contributed by atoms with van der Waals surface area (Å²) < 4.78 is 5.34. The van der Waals surface area contributed by atoms with Gasteiger partial charge in [0.05, 0.1) is 36.0 Å². The first kappa shape index (κ1) is 52.1. The number of methoxy groups -OCH3 is 1. The number of hydrogen-bond acceptors (Lipinski definition) is 11. The van der Waals surface area contributed by atoms with Crippen molar-refractivity contribution in [2.24, 2.45) is 5.73 Å². The van der Waals surface area contributed by atoms with Crippen molar-refractivity contribution in [1.82, 2.24) is 24.8 Å². The van der Waals surface area contributed by atoms with Crippen LogP contribution in [0.4, 0.5) is 17.1 Å². The number of aromatic nitrogens is 3. The van der Waals surface area contributed by atoms with Crippen LogP contribution in [-0.4, -0.2) is 108 Å². The molecule has 0 aliphatic heterocycles. The predicted molar refractivity (Wildman–Crippen MR) is 275 cm³/mol. The Hall–Kier alpha value is -4.49. The fourth-order valence-corrected chi connectivity index (χ4v) is 8.01. The van der Waals surface area contributed by atoms with E-state index in [1.54, 1.807) is 7.11 Å². The number of halogens is 2. The third kappa shape index (κ3) is 17.1. The second-order valence-electron chi connectivity index (χ2n) is 16.3. The van der Waals surface area contributed by atoms with E-state index in [2.05, 4.69) is 82.2 Å². The zero-order valence-electron chi connectivity index (χ0n) is 39.2. The lowest BCUT2D eigenvalue weighted by atomic mass is 10.1. The van der Waals surface area contributed by atoms with Crippen molar-refractivity contribution in [3.05, 3.63) is 101 Å². The van der Waals surface area contributed by atoms with E-state index in [1.807, 2.05) is 91.4 Å². The highest BCUT2D eigenvalue weighted by Crippen LogP contribution is 2.29. The quantitative estimate of drug-likeness (QED) is 0.0420. The Bertz CT molecular complexity index is 2260. The van der Waals surface area contributed by atoms with Crippen molar-refractivity contribution in [2.75, 3.05) is 75.5 Å². The summed E-state index contributed by atoms with van der Waals surface area (Å²) >= 11 is 12.1. The molecule has 3 heterocycles. The number of rotatable bonds is 23. The molecule has 348 valence electrons. The van der Waals surface area contributed by atoms with Crippen molar-refractivity contribution in [3.63, 3.8) is 0 Å². The Kier molecular flexibility index (Phi) is 23.2. The van der Waals surface area contributed by atoms with Gasteiger partial charge in [0, 0.05) is 86.9 Å². The Balaban J connectivity index is 0.000000211. The normalized spacial score (nSPS) is 12.6. The van der Waals surface area contributed by atoms with Crippen LogP contribution in [0, 0.1) is 0 Å². The topological polar surface area (TPSA) is 137 Å². The average molecular weight is 915 g/mol. The van der Waals surface area contributed by atoms with Crippen LogP contribution in [-0.2, 0) is 0 Å². The number of pyridine rings is 3. The molecule has 6 rings (SSSR count). The summed E-state index contributed by atoms with van der Waals surface area (Å²) in [5.74, 6) is 0.842. The molecular weight excluding hydrogens is 842 g/mol. The first-order valence-corrected chi connectivity index (χ1v) is 23.8. The van der Waals surface area contributed by atoms with Crippen molar-refractivity contribution in [2.45, 2.75) is 98.2 Å². The largest absolute Gasteiger partial charge is 0.497 e. The summed E-state index contributed by atoms with van der Waals surface area (Å²) in [6.07, 6.45) is 12.1. The number of fused-ring (bicyclic) bond motifs is 3. The second kappa shape index (κ2) is 28.4. The predicted octanol–water partition coefficient (Wildman–Crippen LogP) is 11.4. The van der Waals surface area contributed by atoms with Crippen molar-refractivity contribution < 1.29 is 9.84 Å². The molecule has 0 radical (unpaired) electrons. The third-order valence-electron chi connectivity index (χ3n) is 11.4. The van der Waals surface area contributed by atoms with Gasteiger partial charge in [-0.1, -0.05) is 50.0 Å². The number of hydrogen-bond donors (Lipinski definition) is 5. The first-order valence-electron chi connectivity index (χ1n) is 23.1. The minimum Gasteiger partial charge on any atom is -0.497 e. The molecule has 0 aliphatic carbocycles. The van der Waals surface area contributed by atoms with E-state index < -0.39 is 0 Å². The SMILES string of the molecule is CCN(CC)CCCC(C)Nc1ccnc2cc(Cl)ccc12.CCN(CCO)CCCC(C)Nc1ccnc2cc(Cl)ccc12.COc1cc(NC(C)CCCN)c2ncccc2c1. The highest BCUT2D eigenvalue weighted by atomic mass is 35.5. The van der Waals surface area contributed by atoms with E-state index in [0.717, 1.165) is 132 Å². The van der Waals surface area contributed by atoms with Crippen LogP contribution in [0.15, 0.2) is 91.4 Å². The number of benzene rings is 3. The Labute approximate surface area is 392 Å². The van der Waals surface area contributed by atoms with Gasteiger partial charge in [0.15, 0.2) is 0 Å². The van der Waals surface area contributed by atoms with E-state index in [0.29, 0.717) is 23.1 Å². The van der Waals surface area contributed by atoms with E-state index in [4.69, 9.17) is 38.8 Å². The van der Waals surface area contributed by atoms with Gasteiger partial charge >= 0.3 is 0 Å². The summed E-state index contributed by atoms with van der Waals surface area (Å²) in [6.45, 7) is 20.3. The molecule has 11 nitrogen and oxygen atoms in total. The molecule has 0 saturated heterocycles. The summed E-state index contributed by atoms with van der Waals surface area (Å²) in [7, 11) is 1.68. The molecule has 0 amide bonds. The van der Waals surface area contributed by atoms with Gasteiger partial charge in [-0.05, 0) is 159 Å². The van der Waals surface area contributed by atoms with Crippen molar-refractivity contribution >= 4 is 73.0 Å². The fraction of sp³-hybridized carbons (Fsp3) is 0.471. The maximum Gasteiger partial charge on any atom is 0.121 e. The molecule has 0 fully saturated rings. The van der Waals surface area contributed by atoms with Gasteiger partial charge in [0.2, 0.25) is 0 Å². The van der Waals surface area contributed by atoms with Crippen molar-refractivity contribution in [3.8, 4) is 5.75 Å². The molecule has 0 spiro atoms. The summed E-state index contributed by atoms with van der Waals surface area (Å²) in [4.78, 5) is 17.9. The first-order chi connectivity index (χ1) is 31.0. The Morgan fingerprint density at radius 2 is 1.14 bits per heavy atom. The van der Waals surface area contributed by atoms with Crippen LogP contribution in [0.2, 0.25) is 10.0 Å². The molecule has 3 unspecified atom stereocenters. The molecule has 64 heavy (non-hydrogen) atoms. The molecule has 3 aromatic carbocycles. The molecule has 6 aromatic rings. The van der Waals surface area contributed by atoms with Crippen LogP contribution in [0.5, 0.6) is 5.75 Å². The van der Waals surface area contributed by atoms with E-state index >= 15 is 0 Å². The number of nitrogens with one attached hydrogen (secondary N) is 3. The Morgan fingerprint density at radius 1 is 0.625 bits per heavy atom. The third-order valence-corrected chi connectivity index (χ3v) is 11.8. The molecule has 6 N–H and O–H groups in total. The molecule has 0 bridgehead atoms. The van der Waals surface area contributed by atoms with Crippen LogP contribution in [0.25, 0.3) is 32.7 Å². The fourth-order valence-electron chi connectivity index (χ4n) is 7.68. The van der Waals surface area contributed by atoms with Gasteiger partial charge in [-0.2, -0.15) is 0 Å². The maximum atomic E-state index is 9.02. The number of nitrogens with two attached hydrogens (primary N) is 1. The summed E-state index contributed by atoms with van der Waals surface area (Å²) in [5, 5.41) is 24.4. The second-order valence-corrected chi connectivity index (χ2v) is 17.2. The molecular formula is C51H73Cl2N9O2. The van der Waals surface area contributed by atoms with E-state index in [9.17, 15) is 0 Å². The number of ether oxygens (including phenoxy) is 1. The monoisotopic (exact) mass is 914 g/mol. The lowest BCUT2D eigenvalue weighted by Gasteiger charge is -2.21. The van der Waals surface area contributed by atoms with Crippen LogP contribution < -0.4 is 26.4 Å². The minimum absolute atomic E-state index is 0.229. The minimum atomic E-state index is 0.229. The van der Waals surface area contributed by atoms with Gasteiger partial charge in [-0.25, -0.2) is 0 Å². The van der Waals surface area contributed by atoms with E-state index in [-0.39, 0.29) is 6.61 Å². The molecule has 0 aliphatic rings. The number of aliphatic hydroxyl groups excluding tert-OH is 1. The standard InChI is InChI=1S/C18H26ClN3O.C18H26ClN3.C15H21N3O/c1-3-22(11-12-23)10-4-5-14(2)21-17-8-9-20-18-13-15(19)6-7-16(17)18;1-4-22(5-2)12-6-7-14(3)21-17-10-11-20-18-13-15(19)8-9-16(17)18;1-11(5-3-7-16)18-14-10-13(19-2)9-12-6-4-8-17-15(12)14/h6-9,13-14,23H,3-5,10-12H2,1-2H3,(H,20,21);8-11,13-14H,4-7,12H2,1-3H3,(H,20,21);4,6,8-11,18H,3,5,7,16H2,1-2H3. The van der Waals surface area contributed by atoms with Gasteiger partial charge in [-0.15, -0.1) is 0 Å². The van der Waals surface area contributed by atoms with Gasteiger partial charge in [-0.3, -0.25) is 15.0 Å². The van der Waals surface area contributed by atoms with Crippen LogP contribution >= 0.6 is 23.2 Å². The highest BCUT2D eigenvalue weighted by Gasteiger charge is 2.11. The highest BCUT2D eigenvalue weighted by molar-refractivity contribution is 6.31. The number of anilines is 3. The molecule has 13 heteroatoms. The summed E-state index contributed by atoms with van der Waals surface area (Å²) in [6, 6.07) is 24.9. The van der Waals surface area contributed by atoms with Gasteiger partial charge in [0.1, 0.15) is 5.75 Å². The number of nitrogens with zero attached hydrogens (tertiary/aromatic N) is 5. The summed E-state index contributed by atoms with van der Waals surface area (Å²) in [5.41, 5.74) is 11.6. The molecule has 3 aromatic heterocycles. The van der Waals surface area contributed by atoms with Crippen LogP contribution in [0.1, 0.15) is 80.1 Å². The van der Waals surface area contributed by atoms with Crippen molar-refractivity contribution in [1.29, 1.82) is 0 Å². The number of likely N-dealkylation sites (N-methyl/N-ethyl adjacent to an activating group) is 1. The van der Waals surface area contributed by atoms with E-state index in [1.165, 1.54) is 13.0 Å². The van der Waals surface area contributed by atoms with Crippen LogP contribution in [0.3, 0.4) is 0 Å². The average Bonchev–Trinajstić information content (AvgIpc) is 3.29. The number of aliphatic hydroxyl groups is 1. The lowest BCUT2D eigenvalue weighted by molar-refractivity contribution is 0.199. The van der Waals surface area contributed by atoms with Gasteiger partial charge in [0.25, 0.3) is 0 Å². The molecule has 0 saturated carbocycles. The van der Waals surface area contributed by atoms with Gasteiger partial charge < -0.3 is 41.3 Å². The maximum absolute atomic E-state index is 9.02. The molecule has 3 atom stereocenters. The smallest absolute Gasteiger partial charge is 0.121 e. The zero-order chi connectivity index (χ0) is 46.3.